The van der Waals surface area contributed by atoms with E-state index in [0.717, 1.165) is 11.3 Å². The number of ether oxygens (including phenoxy) is 2. The number of carbonyl (C=O) groups is 1. The van der Waals surface area contributed by atoms with Crippen molar-refractivity contribution < 1.29 is 22.7 Å². The van der Waals surface area contributed by atoms with E-state index in [2.05, 4.69) is 10.0 Å². The summed E-state index contributed by atoms with van der Waals surface area (Å²) in [6.45, 7) is 1.06. The molecule has 7 nitrogen and oxygen atoms in total. The molecule has 0 radical (unpaired) electrons. The predicted octanol–water partition coefficient (Wildman–Crippen LogP) is 1.59. The summed E-state index contributed by atoms with van der Waals surface area (Å²) in [4.78, 5) is 12.0. The van der Waals surface area contributed by atoms with Crippen molar-refractivity contribution in [3.8, 4) is 5.75 Å². The Morgan fingerprint density at radius 3 is 2.44 bits per heavy atom. The van der Waals surface area contributed by atoms with Crippen LogP contribution in [0, 0.1) is 0 Å². The molecule has 0 aliphatic carbocycles. The number of hydrogen-bond donors (Lipinski definition) is 2. The fourth-order valence-corrected chi connectivity index (χ4v) is 3.43. The van der Waals surface area contributed by atoms with Crippen molar-refractivity contribution in [2.24, 2.45) is 0 Å². The lowest BCUT2D eigenvalue weighted by Crippen LogP contribution is -2.27. The molecule has 0 atom stereocenters. The molecule has 0 unspecified atom stereocenters. The van der Waals surface area contributed by atoms with Crippen LogP contribution in [0.5, 0.6) is 5.75 Å². The van der Waals surface area contributed by atoms with Crippen molar-refractivity contribution in [3.63, 3.8) is 0 Å². The van der Waals surface area contributed by atoms with Crippen LogP contribution < -0.4 is 14.8 Å². The Morgan fingerprint density at radius 1 is 1.04 bits per heavy atom. The molecule has 146 valence electrons. The van der Waals surface area contributed by atoms with Crippen LogP contribution in [-0.2, 0) is 21.2 Å². The number of nitrogens with one attached hydrogen (secondary N) is 2. The largest absolute Gasteiger partial charge is 0.497 e. The van der Waals surface area contributed by atoms with E-state index in [1.165, 1.54) is 24.3 Å². The van der Waals surface area contributed by atoms with Gasteiger partial charge < -0.3 is 14.8 Å². The van der Waals surface area contributed by atoms with Crippen LogP contribution in [0.2, 0.25) is 0 Å². The third-order valence-electron chi connectivity index (χ3n) is 3.86. The van der Waals surface area contributed by atoms with Crippen LogP contribution in [0.25, 0.3) is 0 Å². The highest BCUT2D eigenvalue weighted by molar-refractivity contribution is 7.89. The van der Waals surface area contributed by atoms with Gasteiger partial charge in [0.25, 0.3) is 5.91 Å². The van der Waals surface area contributed by atoms with Gasteiger partial charge in [0.2, 0.25) is 10.0 Å². The minimum Gasteiger partial charge on any atom is -0.497 e. The maximum Gasteiger partial charge on any atom is 0.251 e. The SMILES string of the molecule is COCCNC(=O)c1ccc(S(=O)(=O)NCCc2cccc(OC)c2)cc1. The maximum atomic E-state index is 12.4. The summed E-state index contributed by atoms with van der Waals surface area (Å²) in [7, 11) is -0.507. The van der Waals surface area contributed by atoms with Gasteiger partial charge in [0.05, 0.1) is 18.6 Å². The average Bonchev–Trinajstić information content (AvgIpc) is 2.68. The zero-order chi connectivity index (χ0) is 19.7. The lowest BCUT2D eigenvalue weighted by molar-refractivity contribution is 0.0937. The van der Waals surface area contributed by atoms with Crippen LogP contribution in [0.4, 0.5) is 0 Å². The Kier molecular flexibility index (Phi) is 7.78. The van der Waals surface area contributed by atoms with Crippen LogP contribution in [0.1, 0.15) is 15.9 Å². The average molecular weight is 392 g/mol. The van der Waals surface area contributed by atoms with E-state index in [9.17, 15) is 13.2 Å². The van der Waals surface area contributed by atoms with Crippen molar-refractivity contribution >= 4 is 15.9 Å². The highest BCUT2D eigenvalue weighted by atomic mass is 32.2. The Morgan fingerprint density at radius 2 is 1.78 bits per heavy atom. The highest BCUT2D eigenvalue weighted by Crippen LogP contribution is 2.14. The monoisotopic (exact) mass is 392 g/mol. The predicted molar refractivity (Wildman–Crippen MR) is 103 cm³/mol. The zero-order valence-electron chi connectivity index (χ0n) is 15.4. The maximum absolute atomic E-state index is 12.4. The van der Waals surface area contributed by atoms with Gasteiger partial charge in [-0.05, 0) is 48.4 Å². The van der Waals surface area contributed by atoms with E-state index in [1.54, 1.807) is 14.2 Å². The molecule has 1 amide bonds. The van der Waals surface area contributed by atoms with Crippen molar-refractivity contribution in [1.82, 2.24) is 10.0 Å². The Hall–Kier alpha value is -2.42. The number of hydrogen-bond acceptors (Lipinski definition) is 5. The standard InChI is InChI=1S/C19H24N2O5S/c1-25-13-12-20-19(22)16-6-8-18(9-7-16)27(23,24)21-11-10-15-4-3-5-17(14-15)26-2/h3-9,14,21H,10-13H2,1-2H3,(H,20,22). The summed E-state index contributed by atoms with van der Waals surface area (Å²) < 4.78 is 37.4. The van der Waals surface area contributed by atoms with E-state index in [1.807, 2.05) is 24.3 Å². The second kappa shape index (κ2) is 10.1. The molecule has 0 saturated carbocycles. The second-order valence-corrected chi connectivity index (χ2v) is 7.54. The number of carbonyl (C=O) groups excluding carboxylic acids is 1. The number of methoxy groups -OCH3 is 2. The molecular weight excluding hydrogens is 368 g/mol. The van der Waals surface area contributed by atoms with Crippen molar-refractivity contribution in [2.45, 2.75) is 11.3 Å². The van der Waals surface area contributed by atoms with Gasteiger partial charge in [0.1, 0.15) is 5.75 Å². The Bertz CT molecular complexity index is 851. The zero-order valence-corrected chi connectivity index (χ0v) is 16.2. The Balaban J connectivity index is 1.92. The quantitative estimate of drug-likeness (QED) is 0.599. The van der Waals surface area contributed by atoms with Crippen molar-refractivity contribution in [3.05, 3.63) is 59.7 Å². The molecule has 0 aliphatic heterocycles. The summed E-state index contributed by atoms with van der Waals surface area (Å²) in [6, 6.07) is 13.3. The van der Waals surface area contributed by atoms with Crippen molar-refractivity contribution in [1.29, 1.82) is 0 Å². The van der Waals surface area contributed by atoms with Crippen LogP contribution in [-0.4, -0.2) is 48.2 Å². The first-order valence-electron chi connectivity index (χ1n) is 8.46. The summed E-state index contributed by atoms with van der Waals surface area (Å²) in [5.74, 6) is 0.455. The molecular formula is C19H24N2O5S. The second-order valence-electron chi connectivity index (χ2n) is 5.77. The number of sulfonamides is 1. The summed E-state index contributed by atoms with van der Waals surface area (Å²) in [5.41, 5.74) is 1.36. The molecule has 0 heterocycles. The molecule has 2 aromatic rings. The van der Waals surface area contributed by atoms with Gasteiger partial charge >= 0.3 is 0 Å². The lowest BCUT2D eigenvalue weighted by Gasteiger charge is -2.09. The molecule has 0 aromatic heterocycles. The fourth-order valence-electron chi connectivity index (χ4n) is 2.40. The smallest absolute Gasteiger partial charge is 0.251 e. The van der Waals surface area contributed by atoms with E-state index in [4.69, 9.17) is 9.47 Å². The third kappa shape index (κ3) is 6.35. The summed E-state index contributed by atoms with van der Waals surface area (Å²) in [5, 5.41) is 2.68. The molecule has 2 rings (SSSR count). The molecule has 0 saturated heterocycles. The number of benzene rings is 2. The molecule has 0 bridgehead atoms. The van der Waals surface area contributed by atoms with Crippen LogP contribution >= 0.6 is 0 Å². The van der Waals surface area contributed by atoms with Crippen LogP contribution in [0.3, 0.4) is 0 Å². The molecule has 8 heteroatoms. The van der Waals surface area contributed by atoms with Crippen molar-refractivity contribution in [2.75, 3.05) is 33.9 Å². The highest BCUT2D eigenvalue weighted by Gasteiger charge is 2.14. The first-order chi connectivity index (χ1) is 13.0. The van der Waals surface area contributed by atoms with Gasteiger partial charge in [-0.1, -0.05) is 12.1 Å². The van der Waals surface area contributed by atoms with E-state index < -0.39 is 10.0 Å². The van der Waals surface area contributed by atoms with E-state index in [-0.39, 0.29) is 17.3 Å². The van der Waals surface area contributed by atoms with Gasteiger partial charge in [-0.15, -0.1) is 0 Å². The fraction of sp³-hybridized carbons (Fsp3) is 0.316. The van der Waals surface area contributed by atoms with E-state index >= 15 is 0 Å². The first-order valence-corrected chi connectivity index (χ1v) is 9.94. The van der Waals surface area contributed by atoms with Gasteiger partial charge in [-0.3, -0.25) is 4.79 Å². The van der Waals surface area contributed by atoms with Gasteiger partial charge in [0, 0.05) is 25.8 Å². The molecule has 0 spiro atoms. The summed E-state index contributed by atoms with van der Waals surface area (Å²) >= 11 is 0. The minimum atomic E-state index is -3.64. The summed E-state index contributed by atoms with van der Waals surface area (Å²) in [6.07, 6.45) is 0.538. The van der Waals surface area contributed by atoms with Crippen LogP contribution in [0.15, 0.2) is 53.4 Å². The molecule has 0 fully saturated rings. The lowest BCUT2D eigenvalue weighted by atomic mass is 10.1. The van der Waals surface area contributed by atoms with Gasteiger partial charge in [0.15, 0.2) is 0 Å². The minimum absolute atomic E-state index is 0.113. The van der Waals surface area contributed by atoms with Gasteiger partial charge in [-0.25, -0.2) is 13.1 Å². The molecule has 2 aromatic carbocycles. The Labute approximate surface area is 159 Å². The topological polar surface area (TPSA) is 93.7 Å². The van der Waals surface area contributed by atoms with Gasteiger partial charge in [-0.2, -0.15) is 0 Å². The molecule has 0 aliphatic rings. The molecule has 27 heavy (non-hydrogen) atoms. The first kappa shape index (κ1) is 20.9. The number of amides is 1. The number of rotatable bonds is 10. The third-order valence-corrected chi connectivity index (χ3v) is 5.34. The van der Waals surface area contributed by atoms with E-state index in [0.29, 0.717) is 25.1 Å². The normalized spacial score (nSPS) is 11.2. The molecule has 2 N–H and O–H groups in total.